The third-order valence-electron chi connectivity index (χ3n) is 5.67. The third-order valence-corrected chi connectivity index (χ3v) is 6.88. The van der Waals surface area contributed by atoms with Crippen LogP contribution in [0, 0.1) is 12.7 Å². The number of nitrogens with zero attached hydrogens (tertiary/aromatic N) is 3. The van der Waals surface area contributed by atoms with Crippen molar-refractivity contribution in [1.29, 1.82) is 0 Å². The number of hydrogen-bond acceptors (Lipinski definition) is 8. The van der Waals surface area contributed by atoms with Crippen LogP contribution in [0.2, 0.25) is 0 Å². The number of aromatic nitrogens is 3. The van der Waals surface area contributed by atoms with E-state index in [4.69, 9.17) is 10.5 Å². The molecule has 0 bridgehead atoms. The molecule has 0 saturated carbocycles. The lowest BCUT2D eigenvalue weighted by Gasteiger charge is -2.30. The van der Waals surface area contributed by atoms with Gasteiger partial charge >= 0.3 is 0 Å². The molecule has 3 atom stereocenters. The van der Waals surface area contributed by atoms with Crippen LogP contribution < -0.4 is 16.4 Å². The summed E-state index contributed by atoms with van der Waals surface area (Å²) in [5.74, 6) is -0.269. The van der Waals surface area contributed by atoms with Crippen LogP contribution in [0.3, 0.4) is 0 Å². The topological polar surface area (TPSA) is 110 Å². The van der Waals surface area contributed by atoms with Crippen LogP contribution in [0.25, 0.3) is 20.8 Å². The fourth-order valence-corrected chi connectivity index (χ4v) is 5.24. The zero-order valence-electron chi connectivity index (χ0n) is 16.2. The summed E-state index contributed by atoms with van der Waals surface area (Å²) >= 11 is 1.53. The second-order valence-electron chi connectivity index (χ2n) is 7.62. The summed E-state index contributed by atoms with van der Waals surface area (Å²) in [5.41, 5.74) is 8.59. The minimum Gasteiger partial charge on any atom is -0.380 e. The smallest absolute Gasteiger partial charge is 0.170 e. The lowest BCUT2D eigenvalue weighted by molar-refractivity contribution is 0.0751. The molecule has 3 aromatic rings. The first-order valence-corrected chi connectivity index (χ1v) is 10.4. The molecule has 154 valence electrons. The van der Waals surface area contributed by atoms with E-state index in [0.717, 1.165) is 20.8 Å². The Morgan fingerprint density at radius 1 is 1.48 bits per heavy atom. The fourth-order valence-electron chi connectivity index (χ4n) is 4.11. The van der Waals surface area contributed by atoms with Crippen molar-refractivity contribution in [3.63, 3.8) is 0 Å². The van der Waals surface area contributed by atoms with Crippen molar-refractivity contribution in [2.45, 2.75) is 38.2 Å². The molecule has 0 aliphatic carbocycles. The van der Waals surface area contributed by atoms with E-state index in [1.807, 2.05) is 24.7 Å². The molecule has 1 unspecified atom stereocenters. The summed E-state index contributed by atoms with van der Waals surface area (Å²) in [6.07, 6.45) is -0.269. The van der Waals surface area contributed by atoms with Crippen LogP contribution in [0.5, 0.6) is 0 Å². The maximum atomic E-state index is 15.2. The molecular formula is C19H23FN6O2S. The number of aryl methyl sites for hydroxylation is 2. The molecule has 8 nitrogen and oxygen atoms in total. The molecule has 0 aromatic carbocycles. The van der Waals surface area contributed by atoms with Gasteiger partial charge in [-0.05, 0) is 19.4 Å². The first-order valence-electron chi connectivity index (χ1n) is 9.61. The maximum absolute atomic E-state index is 15.2. The van der Waals surface area contributed by atoms with Crippen molar-refractivity contribution >= 4 is 27.4 Å². The minimum atomic E-state index is -0.953. The lowest BCUT2D eigenvalue weighted by atomic mass is 10.0. The first-order chi connectivity index (χ1) is 13.9. The second-order valence-corrected chi connectivity index (χ2v) is 8.65. The lowest BCUT2D eigenvalue weighted by Crippen LogP contribution is -2.47. The summed E-state index contributed by atoms with van der Waals surface area (Å²) in [4.78, 5) is 6.51. The molecule has 0 radical (unpaired) electrons. The highest BCUT2D eigenvalue weighted by molar-refractivity contribution is 7.21. The van der Waals surface area contributed by atoms with Gasteiger partial charge in [-0.1, -0.05) is 0 Å². The van der Waals surface area contributed by atoms with Crippen molar-refractivity contribution in [2.24, 2.45) is 12.8 Å². The Bertz CT molecular complexity index is 1060. The monoisotopic (exact) mass is 418 g/mol. The first kappa shape index (κ1) is 18.9. The van der Waals surface area contributed by atoms with E-state index in [1.165, 1.54) is 11.3 Å². The molecule has 5 rings (SSSR count). The summed E-state index contributed by atoms with van der Waals surface area (Å²) < 4.78 is 22.4. The summed E-state index contributed by atoms with van der Waals surface area (Å²) in [7, 11) is 1.90. The van der Waals surface area contributed by atoms with Crippen molar-refractivity contribution in [3.8, 4) is 10.6 Å². The van der Waals surface area contributed by atoms with Crippen molar-refractivity contribution in [3.05, 3.63) is 28.7 Å². The summed E-state index contributed by atoms with van der Waals surface area (Å²) in [6.45, 7) is 3.21. The fraction of sp³-hybridized carbons (Fsp3) is 0.474. The SMILES string of the molecule is Cc1nn(C)c2sc(-c3nc(N[C@@H]4CCOC[C@@H]4N)c(F)c4c3C(O)NC4)cc12. The average molecular weight is 418 g/mol. The third kappa shape index (κ3) is 3.03. The van der Waals surface area contributed by atoms with Gasteiger partial charge in [0.15, 0.2) is 11.6 Å². The predicted molar refractivity (Wildman–Crippen MR) is 109 cm³/mol. The zero-order valence-corrected chi connectivity index (χ0v) is 17.0. The van der Waals surface area contributed by atoms with Crippen molar-refractivity contribution in [2.75, 3.05) is 18.5 Å². The molecule has 1 fully saturated rings. The van der Waals surface area contributed by atoms with Crippen LogP contribution in [-0.2, 0) is 18.3 Å². The molecule has 10 heteroatoms. The van der Waals surface area contributed by atoms with Gasteiger partial charge in [0.05, 0.1) is 22.9 Å². The van der Waals surface area contributed by atoms with Gasteiger partial charge in [0.25, 0.3) is 0 Å². The second kappa shape index (κ2) is 6.99. The molecule has 5 N–H and O–H groups in total. The van der Waals surface area contributed by atoms with Crippen LogP contribution in [0.15, 0.2) is 6.07 Å². The van der Waals surface area contributed by atoms with E-state index >= 15 is 4.39 Å². The van der Waals surface area contributed by atoms with Gasteiger partial charge in [0.1, 0.15) is 11.1 Å². The number of hydrogen-bond donors (Lipinski definition) is 4. The van der Waals surface area contributed by atoms with Gasteiger partial charge in [-0.15, -0.1) is 11.3 Å². The molecule has 5 heterocycles. The van der Waals surface area contributed by atoms with Crippen LogP contribution in [-0.4, -0.2) is 45.2 Å². The van der Waals surface area contributed by atoms with Crippen LogP contribution in [0.4, 0.5) is 10.2 Å². The number of anilines is 1. The Balaban J connectivity index is 1.63. The van der Waals surface area contributed by atoms with E-state index in [0.29, 0.717) is 36.5 Å². The van der Waals surface area contributed by atoms with Gasteiger partial charge in [-0.2, -0.15) is 5.10 Å². The number of halogens is 1. The molecule has 2 aliphatic heterocycles. The predicted octanol–water partition coefficient (Wildman–Crippen LogP) is 1.77. The number of pyridine rings is 1. The highest BCUT2D eigenvalue weighted by atomic mass is 32.1. The maximum Gasteiger partial charge on any atom is 0.170 e. The van der Waals surface area contributed by atoms with Crippen molar-refractivity contribution < 1.29 is 14.2 Å². The molecular weight excluding hydrogens is 395 g/mol. The zero-order chi connectivity index (χ0) is 20.3. The Morgan fingerprint density at radius 2 is 2.31 bits per heavy atom. The van der Waals surface area contributed by atoms with Crippen molar-refractivity contribution in [1.82, 2.24) is 20.1 Å². The number of ether oxygens (including phenoxy) is 1. The number of rotatable bonds is 3. The van der Waals surface area contributed by atoms with Crippen LogP contribution in [0.1, 0.15) is 29.5 Å². The van der Waals surface area contributed by atoms with E-state index < -0.39 is 12.0 Å². The number of aliphatic hydroxyl groups excluding tert-OH is 1. The Kier molecular flexibility index (Phi) is 4.56. The van der Waals surface area contributed by atoms with E-state index in [2.05, 4.69) is 20.7 Å². The standard InChI is InChI=1S/C19H23FN6O2S/c1-8-9-5-13(29-19(9)26(2)25-8)16-14-10(6-22-18(14)27)15(20)17(24-16)23-12-3-4-28-7-11(12)21/h5,11-12,18,22,27H,3-4,6-7,21H2,1-2H3,(H,23,24)/t11-,12+,18?/m0/s1. The number of nitrogens with two attached hydrogens (primary N) is 1. The average Bonchev–Trinajstić information content (AvgIpc) is 3.36. The van der Waals surface area contributed by atoms with Gasteiger partial charge in [-0.3, -0.25) is 10.00 Å². The molecule has 1 saturated heterocycles. The van der Waals surface area contributed by atoms with E-state index in [1.54, 1.807) is 0 Å². The Labute approximate surface area is 170 Å². The summed E-state index contributed by atoms with van der Waals surface area (Å²) in [6, 6.07) is 1.66. The van der Waals surface area contributed by atoms with E-state index in [-0.39, 0.29) is 24.4 Å². The van der Waals surface area contributed by atoms with Crippen LogP contribution >= 0.6 is 11.3 Å². The van der Waals surface area contributed by atoms with E-state index in [9.17, 15) is 5.11 Å². The highest BCUT2D eigenvalue weighted by Crippen LogP contribution is 2.41. The normalized spacial score (nSPS) is 24.2. The molecule has 2 aliphatic rings. The van der Waals surface area contributed by atoms with Gasteiger partial charge in [-0.25, -0.2) is 9.37 Å². The summed E-state index contributed by atoms with van der Waals surface area (Å²) in [5, 5.41) is 22.0. The number of aliphatic hydroxyl groups is 1. The molecule has 29 heavy (non-hydrogen) atoms. The molecule has 0 spiro atoms. The minimum absolute atomic E-state index is 0.121. The Morgan fingerprint density at radius 3 is 3.07 bits per heavy atom. The molecule has 0 amide bonds. The highest BCUT2D eigenvalue weighted by Gasteiger charge is 2.32. The van der Waals surface area contributed by atoms with Gasteiger partial charge < -0.3 is 20.9 Å². The number of thiophene rings is 1. The number of fused-ring (bicyclic) bond motifs is 2. The van der Waals surface area contributed by atoms with Gasteiger partial charge in [0, 0.05) is 48.8 Å². The Hall–Kier alpha value is -2.11. The van der Waals surface area contributed by atoms with Gasteiger partial charge in [0.2, 0.25) is 0 Å². The number of nitrogens with one attached hydrogen (secondary N) is 2. The molecule has 3 aromatic heterocycles. The largest absolute Gasteiger partial charge is 0.380 e. The quantitative estimate of drug-likeness (QED) is 0.513.